The van der Waals surface area contributed by atoms with Gasteiger partial charge >= 0.3 is 5.69 Å². The number of ether oxygens (including phenoxy) is 3. The van der Waals surface area contributed by atoms with Crippen molar-refractivity contribution in [2.75, 3.05) is 26.8 Å². The summed E-state index contributed by atoms with van der Waals surface area (Å²) in [5.41, 5.74) is 4.81. The standard InChI is InChI=1S/C37H39N5O7/c1-22-8-10-27-17-29(22)26-6-5-7-28(16-26)48-21-34(43)38-18-25-9-11-31(32(15-25)47-4)49-33-20-41(19-30(33)40-36(27)45)35(44)12-13-42-24(3)14-23(2)39-37(42)46/h5-11,14-17,30,33H,12-13,18-21H2,1-4H3,(H,38,43)(H,40,45)/t30-,33-/m0/s1. The van der Waals surface area contributed by atoms with Gasteiger partial charge in [0.25, 0.3) is 11.8 Å². The van der Waals surface area contributed by atoms with E-state index in [2.05, 4.69) is 15.6 Å². The second-order valence-electron chi connectivity index (χ2n) is 12.4. The smallest absolute Gasteiger partial charge is 0.347 e. The molecule has 4 heterocycles. The van der Waals surface area contributed by atoms with Crippen molar-refractivity contribution < 1.29 is 28.6 Å². The number of fused-ring (bicyclic) bond motifs is 7. The Morgan fingerprint density at radius 1 is 0.980 bits per heavy atom. The average molecular weight is 666 g/mol. The summed E-state index contributed by atoms with van der Waals surface area (Å²) in [6.07, 6.45) is -0.533. The van der Waals surface area contributed by atoms with Crippen LogP contribution < -0.4 is 30.5 Å². The molecule has 12 heteroatoms. The molecule has 0 radical (unpaired) electrons. The molecule has 7 rings (SSSR count). The van der Waals surface area contributed by atoms with Crippen LogP contribution in [0.3, 0.4) is 0 Å². The maximum absolute atomic E-state index is 13.8. The highest BCUT2D eigenvalue weighted by molar-refractivity contribution is 5.96. The zero-order chi connectivity index (χ0) is 34.7. The van der Waals surface area contributed by atoms with Crippen LogP contribution in [-0.4, -0.2) is 71.1 Å². The van der Waals surface area contributed by atoms with Crippen molar-refractivity contribution in [3.63, 3.8) is 0 Å². The molecule has 49 heavy (non-hydrogen) atoms. The van der Waals surface area contributed by atoms with E-state index in [4.69, 9.17) is 14.2 Å². The summed E-state index contributed by atoms with van der Waals surface area (Å²) in [5.74, 6) is 0.609. The molecule has 12 nitrogen and oxygen atoms in total. The first-order valence-corrected chi connectivity index (χ1v) is 16.2. The lowest BCUT2D eigenvalue weighted by molar-refractivity contribution is -0.130. The van der Waals surface area contributed by atoms with Crippen molar-refractivity contribution in [2.24, 2.45) is 0 Å². The van der Waals surface area contributed by atoms with Crippen molar-refractivity contribution in [2.45, 2.75) is 52.4 Å². The van der Waals surface area contributed by atoms with Gasteiger partial charge in [0.1, 0.15) is 11.9 Å². The van der Waals surface area contributed by atoms with Crippen LogP contribution in [0.5, 0.6) is 17.2 Å². The van der Waals surface area contributed by atoms with Gasteiger partial charge in [-0.25, -0.2) is 4.79 Å². The first-order valence-electron chi connectivity index (χ1n) is 16.2. The molecule has 4 aromatic rings. The van der Waals surface area contributed by atoms with Crippen LogP contribution in [-0.2, 0) is 22.7 Å². The number of likely N-dealkylation sites (tertiary alicyclic amines) is 1. The first kappa shape index (κ1) is 33.3. The zero-order valence-corrected chi connectivity index (χ0v) is 27.9. The predicted octanol–water partition coefficient (Wildman–Crippen LogP) is 3.33. The van der Waals surface area contributed by atoms with E-state index in [1.165, 1.54) is 11.7 Å². The van der Waals surface area contributed by atoms with Gasteiger partial charge in [-0.15, -0.1) is 0 Å². The van der Waals surface area contributed by atoms with E-state index in [-0.39, 0.29) is 56.9 Å². The molecule has 2 atom stereocenters. The quantitative estimate of drug-likeness (QED) is 0.338. The number of hydrogen-bond donors (Lipinski definition) is 2. The third-order valence-corrected chi connectivity index (χ3v) is 8.84. The van der Waals surface area contributed by atoms with Crippen LogP contribution in [0.25, 0.3) is 11.1 Å². The lowest BCUT2D eigenvalue weighted by Crippen LogP contribution is -2.45. The van der Waals surface area contributed by atoms with E-state index in [1.807, 2.05) is 50.2 Å². The number of nitrogens with one attached hydrogen (secondary N) is 2. The number of aryl methyl sites for hydroxylation is 3. The molecule has 254 valence electrons. The molecule has 0 unspecified atom stereocenters. The summed E-state index contributed by atoms with van der Waals surface area (Å²) >= 11 is 0. The second kappa shape index (κ2) is 14.2. The summed E-state index contributed by atoms with van der Waals surface area (Å²) in [6.45, 7) is 6.20. The summed E-state index contributed by atoms with van der Waals surface area (Å²) in [5, 5.41) is 5.99. The van der Waals surface area contributed by atoms with Crippen molar-refractivity contribution in [1.82, 2.24) is 25.1 Å². The Hall–Kier alpha value is -5.65. The number of rotatable bonds is 4. The molecule has 3 aliphatic heterocycles. The highest BCUT2D eigenvalue weighted by Crippen LogP contribution is 2.32. The molecule has 3 amide bonds. The Morgan fingerprint density at radius 2 is 1.82 bits per heavy atom. The van der Waals surface area contributed by atoms with Crippen LogP contribution in [0.2, 0.25) is 0 Å². The number of carbonyl (C=O) groups excluding carboxylic acids is 3. The van der Waals surface area contributed by atoms with Gasteiger partial charge in [-0.1, -0.05) is 24.3 Å². The van der Waals surface area contributed by atoms with E-state index >= 15 is 0 Å². The van der Waals surface area contributed by atoms with Gasteiger partial charge in [-0.3, -0.25) is 19.0 Å². The highest BCUT2D eigenvalue weighted by Gasteiger charge is 2.38. The van der Waals surface area contributed by atoms with E-state index in [9.17, 15) is 19.2 Å². The minimum atomic E-state index is -0.609. The Bertz CT molecular complexity index is 1970. The van der Waals surface area contributed by atoms with Gasteiger partial charge in [0, 0.05) is 43.0 Å². The highest BCUT2D eigenvalue weighted by atomic mass is 16.5. The van der Waals surface area contributed by atoms with Crippen LogP contribution >= 0.6 is 0 Å². The largest absolute Gasteiger partial charge is 0.493 e. The second-order valence-corrected chi connectivity index (χ2v) is 12.4. The number of methoxy groups -OCH3 is 1. The molecule has 3 aliphatic rings. The number of carbonyl (C=O) groups is 3. The van der Waals surface area contributed by atoms with Crippen LogP contribution in [0.1, 0.15) is 39.3 Å². The SMILES string of the molecule is COc1cc2ccc1O[C@H]1CN(C(=O)CCn3c(C)cc(C)nc3=O)C[C@@H]1NC(=O)c1ccc(C)c(c1)-c1cccc(c1)OCC(=O)NC2. The summed E-state index contributed by atoms with van der Waals surface area (Å²) in [7, 11) is 1.52. The van der Waals surface area contributed by atoms with E-state index in [0.29, 0.717) is 28.5 Å². The normalized spacial score (nSPS) is 17.7. The molecular formula is C37H39N5O7. The van der Waals surface area contributed by atoms with E-state index in [0.717, 1.165) is 27.9 Å². The molecule has 1 saturated heterocycles. The number of nitrogens with zero attached hydrogens (tertiary/aromatic N) is 3. The maximum Gasteiger partial charge on any atom is 0.347 e. The van der Waals surface area contributed by atoms with Gasteiger partial charge < -0.3 is 29.7 Å². The van der Waals surface area contributed by atoms with Gasteiger partial charge in [0.05, 0.1) is 19.7 Å². The molecule has 6 bridgehead atoms. The molecule has 1 fully saturated rings. The van der Waals surface area contributed by atoms with Gasteiger partial charge in [-0.05, 0) is 85.5 Å². The van der Waals surface area contributed by atoms with Gasteiger partial charge in [-0.2, -0.15) is 4.98 Å². The van der Waals surface area contributed by atoms with Crippen molar-refractivity contribution in [3.05, 3.63) is 105 Å². The van der Waals surface area contributed by atoms with E-state index < -0.39 is 17.8 Å². The minimum absolute atomic E-state index is 0.0761. The van der Waals surface area contributed by atoms with Crippen LogP contribution in [0.4, 0.5) is 0 Å². The Kier molecular flexibility index (Phi) is 9.65. The number of amides is 3. The monoisotopic (exact) mass is 665 g/mol. The molecule has 0 spiro atoms. The van der Waals surface area contributed by atoms with Crippen LogP contribution in [0, 0.1) is 20.8 Å². The van der Waals surface area contributed by atoms with Crippen molar-refractivity contribution >= 4 is 17.7 Å². The minimum Gasteiger partial charge on any atom is -0.493 e. The fraction of sp³-hybridized carbons (Fsp3) is 0.324. The molecule has 1 aromatic heterocycles. The summed E-state index contributed by atoms with van der Waals surface area (Å²) in [4.78, 5) is 58.1. The Balaban J connectivity index is 1.30. The predicted molar refractivity (Wildman–Crippen MR) is 182 cm³/mol. The summed E-state index contributed by atoms with van der Waals surface area (Å²) in [6, 6.07) is 19.4. The van der Waals surface area contributed by atoms with Crippen molar-refractivity contribution in [1.29, 1.82) is 0 Å². The van der Waals surface area contributed by atoms with Crippen LogP contribution in [0.15, 0.2) is 71.5 Å². The number of benzene rings is 3. The van der Waals surface area contributed by atoms with Gasteiger partial charge in [0.15, 0.2) is 18.1 Å². The fourth-order valence-corrected chi connectivity index (χ4v) is 6.21. The zero-order valence-electron chi connectivity index (χ0n) is 27.9. The third kappa shape index (κ3) is 7.58. The Labute approximate surface area is 284 Å². The topological polar surface area (TPSA) is 141 Å². The first-order chi connectivity index (χ1) is 23.6. The molecule has 3 aromatic carbocycles. The molecular weight excluding hydrogens is 626 g/mol. The fourth-order valence-electron chi connectivity index (χ4n) is 6.21. The lowest BCUT2D eigenvalue weighted by Gasteiger charge is -2.23. The average Bonchev–Trinajstić information content (AvgIpc) is 3.48. The lowest BCUT2D eigenvalue weighted by atomic mass is 9.97. The van der Waals surface area contributed by atoms with E-state index in [1.54, 1.807) is 42.2 Å². The molecule has 0 saturated carbocycles. The molecule has 0 aliphatic carbocycles. The van der Waals surface area contributed by atoms with Gasteiger partial charge in [0.2, 0.25) is 5.91 Å². The number of aromatic nitrogens is 2. The molecule has 2 N–H and O–H groups in total. The Morgan fingerprint density at radius 3 is 2.61 bits per heavy atom. The van der Waals surface area contributed by atoms with Crippen molar-refractivity contribution in [3.8, 4) is 28.4 Å². The maximum atomic E-state index is 13.8. The summed E-state index contributed by atoms with van der Waals surface area (Å²) < 4.78 is 19.4. The third-order valence-electron chi connectivity index (χ3n) is 8.84. The number of hydrogen-bond acceptors (Lipinski definition) is 8.